The molecule has 0 aliphatic heterocycles. The van der Waals surface area contributed by atoms with Gasteiger partial charge in [-0.1, -0.05) is 35.9 Å². The second-order valence-corrected chi connectivity index (χ2v) is 4.89. The van der Waals surface area contributed by atoms with Crippen molar-refractivity contribution in [2.75, 3.05) is 17.7 Å². The lowest BCUT2D eigenvalue weighted by molar-refractivity contribution is 0.0698. The van der Waals surface area contributed by atoms with E-state index >= 15 is 0 Å². The molecule has 2 aromatic carbocycles. The number of nitrogens with zero attached hydrogens (tertiary/aromatic N) is 1. The second-order valence-electron chi connectivity index (χ2n) is 4.89. The third kappa shape index (κ3) is 2.91. The monoisotopic (exact) mass is 270 g/mol. The van der Waals surface area contributed by atoms with Crippen LogP contribution in [0.2, 0.25) is 0 Å². The molecule has 0 unspecified atom stereocenters. The summed E-state index contributed by atoms with van der Waals surface area (Å²) >= 11 is 0. The summed E-state index contributed by atoms with van der Waals surface area (Å²) in [5.74, 6) is -1.01. The number of carboxylic acids is 1. The molecule has 0 fully saturated rings. The smallest absolute Gasteiger partial charge is 0.337 e. The van der Waals surface area contributed by atoms with Gasteiger partial charge in [-0.25, -0.2) is 4.79 Å². The Morgan fingerprint density at radius 2 is 1.95 bits per heavy atom. The lowest BCUT2D eigenvalue weighted by atomic mass is 10.1. The Bertz CT molecular complexity index is 638. The van der Waals surface area contributed by atoms with Gasteiger partial charge in [-0.3, -0.25) is 0 Å². The molecule has 0 aromatic heterocycles. The van der Waals surface area contributed by atoms with E-state index in [-0.39, 0.29) is 5.56 Å². The fourth-order valence-corrected chi connectivity index (χ4v) is 2.24. The van der Waals surface area contributed by atoms with Crippen LogP contribution in [0.3, 0.4) is 0 Å². The minimum atomic E-state index is -1.01. The summed E-state index contributed by atoms with van der Waals surface area (Å²) in [5.41, 5.74) is 9.47. The quantitative estimate of drug-likeness (QED) is 0.838. The van der Waals surface area contributed by atoms with Crippen LogP contribution in [0.25, 0.3) is 0 Å². The third-order valence-corrected chi connectivity index (χ3v) is 3.23. The van der Waals surface area contributed by atoms with Crippen LogP contribution < -0.4 is 10.6 Å². The molecule has 0 saturated heterocycles. The number of benzene rings is 2. The lowest BCUT2D eigenvalue weighted by Gasteiger charge is -2.22. The van der Waals surface area contributed by atoms with Gasteiger partial charge in [0.05, 0.1) is 16.9 Å². The molecule has 0 aliphatic carbocycles. The highest BCUT2D eigenvalue weighted by Crippen LogP contribution is 2.27. The van der Waals surface area contributed by atoms with Gasteiger partial charge in [0.1, 0.15) is 0 Å². The number of anilines is 2. The number of hydrogen-bond donors (Lipinski definition) is 2. The summed E-state index contributed by atoms with van der Waals surface area (Å²) in [7, 11) is 1.90. The zero-order valence-electron chi connectivity index (χ0n) is 11.6. The van der Waals surface area contributed by atoms with Gasteiger partial charge in [0.25, 0.3) is 0 Å². The van der Waals surface area contributed by atoms with Crippen molar-refractivity contribution in [1.29, 1.82) is 0 Å². The minimum absolute atomic E-state index is 0.138. The van der Waals surface area contributed by atoms with E-state index in [9.17, 15) is 4.79 Å². The van der Waals surface area contributed by atoms with Crippen molar-refractivity contribution in [2.45, 2.75) is 13.5 Å². The third-order valence-electron chi connectivity index (χ3n) is 3.23. The lowest BCUT2D eigenvalue weighted by Crippen LogP contribution is -2.19. The van der Waals surface area contributed by atoms with E-state index in [2.05, 4.69) is 6.07 Å². The molecule has 3 N–H and O–H groups in total. The maximum Gasteiger partial charge on any atom is 0.337 e. The molecule has 0 heterocycles. The van der Waals surface area contributed by atoms with Crippen molar-refractivity contribution >= 4 is 17.3 Å². The average molecular weight is 270 g/mol. The van der Waals surface area contributed by atoms with Crippen LogP contribution in [0.1, 0.15) is 21.5 Å². The highest BCUT2D eigenvalue weighted by molar-refractivity contribution is 5.97. The number of aromatic carboxylic acids is 1. The zero-order valence-corrected chi connectivity index (χ0v) is 11.6. The van der Waals surface area contributed by atoms with E-state index in [1.54, 1.807) is 6.07 Å². The first-order chi connectivity index (χ1) is 9.49. The fourth-order valence-electron chi connectivity index (χ4n) is 2.24. The van der Waals surface area contributed by atoms with Crippen molar-refractivity contribution in [2.24, 2.45) is 0 Å². The molecule has 2 aromatic rings. The number of carbonyl (C=O) groups is 1. The predicted octanol–water partition coefficient (Wildman–Crippen LogP) is 2.91. The highest BCUT2D eigenvalue weighted by atomic mass is 16.4. The van der Waals surface area contributed by atoms with Crippen LogP contribution in [-0.4, -0.2) is 18.1 Å². The van der Waals surface area contributed by atoms with Gasteiger partial charge >= 0.3 is 5.97 Å². The van der Waals surface area contributed by atoms with Crippen LogP contribution in [0, 0.1) is 6.92 Å². The van der Waals surface area contributed by atoms with E-state index < -0.39 is 5.97 Å². The van der Waals surface area contributed by atoms with Crippen LogP contribution in [0.15, 0.2) is 42.5 Å². The van der Waals surface area contributed by atoms with Crippen molar-refractivity contribution in [3.63, 3.8) is 0 Å². The van der Waals surface area contributed by atoms with Gasteiger partial charge in [-0.05, 0) is 24.6 Å². The van der Waals surface area contributed by atoms with Gasteiger partial charge in [-0.15, -0.1) is 0 Å². The van der Waals surface area contributed by atoms with Crippen molar-refractivity contribution in [3.05, 3.63) is 59.2 Å². The molecule has 0 saturated carbocycles. The Morgan fingerprint density at radius 3 is 2.60 bits per heavy atom. The molecule has 0 aliphatic rings. The van der Waals surface area contributed by atoms with E-state index in [1.165, 1.54) is 11.6 Å². The number of aryl methyl sites for hydroxylation is 1. The number of nitrogens with two attached hydrogens (primary N) is 1. The molecule has 0 spiro atoms. The highest BCUT2D eigenvalue weighted by Gasteiger charge is 2.13. The summed E-state index contributed by atoms with van der Waals surface area (Å²) in [4.78, 5) is 13.1. The molecule has 4 nitrogen and oxygen atoms in total. The number of nitrogen functional groups attached to an aromatic ring is 1. The van der Waals surface area contributed by atoms with E-state index in [0.29, 0.717) is 12.2 Å². The Kier molecular flexibility index (Phi) is 3.94. The normalized spacial score (nSPS) is 10.3. The molecule has 0 amide bonds. The van der Waals surface area contributed by atoms with Gasteiger partial charge < -0.3 is 15.7 Å². The van der Waals surface area contributed by atoms with Crippen molar-refractivity contribution < 1.29 is 9.90 Å². The maximum absolute atomic E-state index is 11.1. The van der Waals surface area contributed by atoms with Gasteiger partial charge in [-0.2, -0.15) is 0 Å². The molecule has 104 valence electrons. The number of rotatable bonds is 4. The van der Waals surface area contributed by atoms with Crippen LogP contribution >= 0.6 is 0 Å². The zero-order chi connectivity index (χ0) is 14.7. The van der Waals surface area contributed by atoms with Crippen LogP contribution in [0.5, 0.6) is 0 Å². The first-order valence-electron chi connectivity index (χ1n) is 6.37. The van der Waals surface area contributed by atoms with E-state index in [4.69, 9.17) is 10.8 Å². The molecule has 0 bridgehead atoms. The van der Waals surface area contributed by atoms with E-state index in [0.717, 1.165) is 11.3 Å². The van der Waals surface area contributed by atoms with Crippen molar-refractivity contribution in [3.8, 4) is 0 Å². The Morgan fingerprint density at radius 1 is 1.25 bits per heavy atom. The first kappa shape index (κ1) is 13.9. The Hall–Kier alpha value is -2.49. The summed E-state index contributed by atoms with van der Waals surface area (Å²) in [6, 6.07) is 13.3. The van der Waals surface area contributed by atoms with E-state index in [1.807, 2.05) is 43.1 Å². The Labute approximate surface area is 118 Å². The summed E-state index contributed by atoms with van der Waals surface area (Å²) in [5, 5.41) is 9.10. The molecule has 0 radical (unpaired) electrons. The topological polar surface area (TPSA) is 66.6 Å². The molecular formula is C16H18N2O2. The minimum Gasteiger partial charge on any atom is -0.478 e. The van der Waals surface area contributed by atoms with Crippen LogP contribution in [-0.2, 0) is 6.54 Å². The fraction of sp³-hybridized carbons (Fsp3) is 0.188. The Balaban J connectivity index is 2.28. The number of para-hydroxylation sites is 1. The maximum atomic E-state index is 11.1. The molecule has 20 heavy (non-hydrogen) atoms. The second kappa shape index (κ2) is 5.65. The SMILES string of the molecule is Cc1cccc(CN(C)c2cccc(C(=O)O)c2N)c1. The first-order valence-corrected chi connectivity index (χ1v) is 6.37. The summed E-state index contributed by atoms with van der Waals surface area (Å²) < 4.78 is 0. The average Bonchev–Trinajstić information content (AvgIpc) is 2.38. The predicted molar refractivity (Wildman–Crippen MR) is 81.1 cm³/mol. The number of carboxylic acid groups (broad SMARTS) is 1. The largest absolute Gasteiger partial charge is 0.478 e. The summed E-state index contributed by atoms with van der Waals surface area (Å²) in [6.45, 7) is 2.72. The molecular weight excluding hydrogens is 252 g/mol. The van der Waals surface area contributed by atoms with Gasteiger partial charge in [0.2, 0.25) is 0 Å². The van der Waals surface area contributed by atoms with Gasteiger partial charge in [0, 0.05) is 13.6 Å². The van der Waals surface area contributed by atoms with Gasteiger partial charge in [0.15, 0.2) is 0 Å². The van der Waals surface area contributed by atoms with Crippen LogP contribution in [0.4, 0.5) is 11.4 Å². The number of hydrogen-bond acceptors (Lipinski definition) is 3. The standard InChI is InChI=1S/C16H18N2O2/c1-11-5-3-6-12(9-11)10-18(2)14-8-4-7-13(15(14)17)16(19)20/h3-9H,10,17H2,1-2H3,(H,19,20). The molecule has 4 heteroatoms. The molecule has 2 rings (SSSR count). The molecule has 0 atom stereocenters. The summed E-state index contributed by atoms with van der Waals surface area (Å²) in [6.07, 6.45) is 0. The van der Waals surface area contributed by atoms with Crippen molar-refractivity contribution in [1.82, 2.24) is 0 Å².